The molecule has 3 aromatic heterocycles. The van der Waals surface area contributed by atoms with Crippen molar-refractivity contribution in [2.24, 2.45) is 0 Å². The summed E-state index contributed by atoms with van der Waals surface area (Å²) in [6.45, 7) is 6.66. The van der Waals surface area contributed by atoms with E-state index < -0.39 is 0 Å². The van der Waals surface area contributed by atoms with Crippen molar-refractivity contribution in [3.8, 4) is 10.4 Å². The Hall–Kier alpha value is -2.03. The maximum atomic E-state index is 12.7. The monoisotopic (exact) mass is 388 g/mol. The smallest absolute Gasteiger partial charge is 0.260 e. The van der Waals surface area contributed by atoms with Gasteiger partial charge in [-0.15, -0.1) is 22.7 Å². The van der Waals surface area contributed by atoms with E-state index in [2.05, 4.69) is 16.8 Å². The topological polar surface area (TPSA) is 69.3 Å². The summed E-state index contributed by atoms with van der Waals surface area (Å²) in [6, 6.07) is 4.02. The molecule has 1 atom stereocenters. The van der Waals surface area contributed by atoms with E-state index in [1.54, 1.807) is 18.3 Å². The molecule has 3 aromatic rings. The van der Waals surface area contributed by atoms with E-state index in [-0.39, 0.29) is 17.5 Å². The normalized spacial score (nSPS) is 16.9. The van der Waals surface area contributed by atoms with Crippen LogP contribution < -0.4 is 5.56 Å². The molecule has 1 aliphatic heterocycles. The Balaban J connectivity index is 1.62. The first-order chi connectivity index (χ1) is 12.5. The maximum Gasteiger partial charge on any atom is 0.260 e. The lowest BCUT2D eigenvalue weighted by Gasteiger charge is -2.37. The van der Waals surface area contributed by atoms with E-state index in [9.17, 15) is 9.59 Å². The van der Waals surface area contributed by atoms with Gasteiger partial charge in [0, 0.05) is 48.9 Å². The van der Waals surface area contributed by atoms with Crippen LogP contribution in [-0.2, 0) is 4.79 Å². The summed E-state index contributed by atoms with van der Waals surface area (Å²) in [4.78, 5) is 38.0. The first-order valence-corrected chi connectivity index (χ1v) is 10.4. The predicted octanol–water partition coefficient (Wildman–Crippen LogP) is 2.94. The third-order valence-corrected chi connectivity index (χ3v) is 6.73. The second-order valence-electron chi connectivity index (χ2n) is 6.48. The van der Waals surface area contributed by atoms with Gasteiger partial charge in [0.05, 0.1) is 11.4 Å². The third-order valence-electron chi connectivity index (χ3n) is 4.95. The molecule has 0 aromatic carbocycles. The quantitative estimate of drug-likeness (QED) is 0.749. The summed E-state index contributed by atoms with van der Waals surface area (Å²) in [5.74, 6) is 0.809. The molecular weight excluding hydrogens is 368 g/mol. The van der Waals surface area contributed by atoms with Crippen LogP contribution in [0.3, 0.4) is 0 Å². The van der Waals surface area contributed by atoms with Gasteiger partial charge in [-0.25, -0.2) is 4.98 Å². The standard InChI is InChI=1S/C18H20N4O2S2/c1-11(21-5-7-22(8-6-21)12(2)23)16-19-17(24)15-13(10-26-18(15)20-16)14-4-3-9-25-14/h3-4,9-11H,5-8H2,1-2H3,(H,19,20,24)/t11-/m1/s1. The third kappa shape index (κ3) is 3.08. The van der Waals surface area contributed by atoms with Crippen LogP contribution in [0.1, 0.15) is 25.7 Å². The number of fused-ring (bicyclic) bond motifs is 1. The number of hydrogen-bond acceptors (Lipinski definition) is 6. The van der Waals surface area contributed by atoms with Crippen LogP contribution in [0.5, 0.6) is 0 Å². The number of amides is 1. The zero-order valence-electron chi connectivity index (χ0n) is 14.7. The number of nitrogens with one attached hydrogen (secondary N) is 1. The van der Waals surface area contributed by atoms with Gasteiger partial charge in [-0.2, -0.15) is 0 Å². The molecule has 1 amide bonds. The zero-order chi connectivity index (χ0) is 18.3. The predicted molar refractivity (Wildman–Crippen MR) is 106 cm³/mol. The molecule has 136 valence electrons. The minimum Gasteiger partial charge on any atom is -0.340 e. The van der Waals surface area contributed by atoms with Crippen LogP contribution in [-0.4, -0.2) is 51.9 Å². The fraction of sp³-hybridized carbons (Fsp3) is 0.389. The van der Waals surface area contributed by atoms with Crippen molar-refractivity contribution in [2.75, 3.05) is 26.2 Å². The highest BCUT2D eigenvalue weighted by Crippen LogP contribution is 2.34. The van der Waals surface area contributed by atoms with Crippen molar-refractivity contribution in [3.05, 3.63) is 39.1 Å². The number of hydrogen-bond donors (Lipinski definition) is 1. The Morgan fingerprint density at radius 1 is 1.27 bits per heavy atom. The van der Waals surface area contributed by atoms with Gasteiger partial charge in [-0.3, -0.25) is 14.5 Å². The summed E-state index contributed by atoms with van der Waals surface area (Å²) in [5.41, 5.74) is 0.881. The van der Waals surface area contributed by atoms with Gasteiger partial charge in [0.1, 0.15) is 10.7 Å². The fourth-order valence-electron chi connectivity index (χ4n) is 3.37. The lowest BCUT2D eigenvalue weighted by molar-refractivity contribution is -0.130. The van der Waals surface area contributed by atoms with E-state index in [1.165, 1.54) is 11.3 Å². The van der Waals surface area contributed by atoms with E-state index in [1.807, 2.05) is 27.8 Å². The minimum atomic E-state index is -0.0797. The summed E-state index contributed by atoms with van der Waals surface area (Å²) < 4.78 is 0. The van der Waals surface area contributed by atoms with Crippen LogP contribution in [0.15, 0.2) is 27.7 Å². The van der Waals surface area contributed by atoms with Crippen LogP contribution in [0.25, 0.3) is 20.7 Å². The number of rotatable bonds is 3. The molecule has 1 fully saturated rings. The SMILES string of the molecule is CC(=O)N1CCN([C@H](C)c2nc3scc(-c4cccs4)c3c(=O)[nH]2)CC1. The second kappa shape index (κ2) is 6.94. The molecule has 4 rings (SSSR count). The molecule has 1 aliphatic rings. The minimum absolute atomic E-state index is 0.00787. The van der Waals surface area contributed by atoms with E-state index in [0.717, 1.165) is 28.4 Å². The number of piperazine rings is 1. The Bertz CT molecular complexity index is 984. The zero-order valence-corrected chi connectivity index (χ0v) is 16.3. The summed E-state index contributed by atoms with van der Waals surface area (Å²) in [5, 5.41) is 4.70. The second-order valence-corrected chi connectivity index (χ2v) is 8.28. The van der Waals surface area contributed by atoms with Crippen LogP contribution in [0.4, 0.5) is 0 Å². The molecule has 0 aliphatic carbocycles. The van der Waals surface area contributed by atoms with Gasteiger partial charge in [-0.05, 0) is 18.4 Å². The number of carbonyl (C=O) groups is 1. The van der Waals surface area contributed by atoms with Gasteiger partial charge < -0.3 is 9.88 Å². The van der Waals surface area contributed by atoms with Gasteiger partial charge in [-0.1, -0.05) is 6.07 Å². The average molecular weight is 389 g/mol. The molecule has 4 heterocycles. The first-order valence-electron chi connectivity index (χ1n) is 8.59. The van der Waals surface area contributed by atoms with Crippen molar-refractivity contribution in [3.63, 3.8) is 0 Å². The molecule has 1 N–H and O–H groups in total. The molecular formula is C18H20N4O2S2. The number of aromatic nitrogens is 2. The molecule has 0 bridgehead atoms. The average Bonchev–Trinajstić information content (AvgIpc) is 3.30. The van der Waals surface area contributed by atoms with Crippen molar-refractivity contribution in [1.82, 2.24) is 19.8 Å². The number of aromatic amines is 1. The highest BCUT2D eigenvalue weighted by molar-refractivity contribution is 7.18. The van der Waals surface area contributed by atoms with Gasteiger partial charge in [0.25, 0.3) is 5.56 Å². The summed E-state index contributed by atoms with van der Waals surface area (Å²) in [6.07, 6.45) is 0. The van der Waals surface area contributed by atoms with Gasteiger partial charge in [0.15, 0.2) is 0 Å². The summed E-state index contributed by atoms with van der Waals surface area (Å²) in [7, 11) is 0. The molecule has 26 heavy (non-hydrogen) atoms. The van der Waals surface area contributed by atoms with Crippen LogP contribution >= 0.6 is 22.7 Å². The molecule has 6 nitrogen and oxygen atoms in total. The Labute approximate surface area is 159 Å². The first kappa shape index (κ1) is 17.4. The number of H-pyrrole nitrogens is 1. The highest BCUT2D eigenvalue weighted by Gasteiger charge is 2.25. The van der Waals surface area contributed by atoms with Crippen molar-refractivity contribution in [1.29, 1.82) is 0 Å². The van der Waals surface area contributed by atoms with Gasteiger partial charge >= 0.3 is 0 Å². The Kier molecular flexibility index (Phi) is 4.64. The lowest BCUT2D eigenvalue weighted by atomic mass is 10.2. The maximum absolute atomic E-state index is 12.7. The Morgan fingerprint density at radius 2 is 2.04 bits per heavy atom. The fourth-order valence-corrected chi connectivity index (χ4v) is 5.14. The molecule has 0 saturated carbocycles. The molecule has 0 unspecified atom stereocenters. The summed E-state index contributed by atoms with van der Waals surface area (Å²) >= 11 is 3.14. The van der Waals surface area contributed by atoms with Crippen LogP contribution in [0.2, 0.25) is 0 Å². The van der Waals surface area contributed by atoms with Crippen molar-refractivity contribution >= 4 is 38.8 Å². The van der Waals surface area contributed by atoms with Crippen molar-refractivity contribution < 1.29 is 4.79 Å². The highest BCUT2D eigenvalue weighted by atomic mass is 32.1. The molecule has 0 spiro atoms. The van der Waals surface area contributed by atoms with E-state index >= 15 is 0 Å². The lowest BCUT2D eigenvalue weighted by Crippen LogP contribution is -2.49. The van der Waals surface area contributed by atoms with Crippen LogP contribution in [0, 0.1) is 0 Å². The van der Waals surface area contributed by atoms with Gasteiger partial charge in [0.2, 0.25) is 5.91 Å². The number of thiophene rings is 2. The number of carbonyl (C=O) groups excluding carboxylic acids is 1. The largest absolute Gasteiger partial charge is 0.340 e. The molecule has 1 saturated heterocycles. The molecule has 0 radical (unpaired) electrons. The van der Waals surface area contributed by atoms with E-state index in [0.29, 0.717) is 24.3 Å². The Morgan fingerprint density at radius 3 is 2.69 bits per heavy atom. The number of nitrogens with zero attached hydrogens (tertiary/aromatic N) is 3. The van der Waals surface area contributed by atoms with Crippen molar-refractivity contribution in [2.45, 2.75) is 19.9 Å². The molecule has 8 heteroatoms. The van der Waals surface area contributed by atoms with E-state index in [4.69, 9.17) is 4.98 Å².